The molecule has 3 aromatic rings. The number of carbonyl (C=O) groups excluding carboxylic acids is 4. The van der Waals surface area contributed by atoms with E-state index in [0.717, 1.165) is 47.4 Å². The van der Waals surface area contributed by atoms with Gasteiger partial charge in [-0.15, -0.1) is 0 Å². The fourth-order valence-corrected chi connectivity index (χ4v) is 7.70. The molecule has 2 aliphatic rings. The first-order valence-electron chi connectivity index (χ1n) is 15.7. The fourth-order valence-electron chi connectivity index (χ4n) is 5.61. The number of carboxylic acids is 1. The fraction of sp³-hybridized carbons (Fsp3) is 0.233. The molecule has 0 radical (unpaired) electrons. The van der Waals surface area contributed by atoms with Crippen LogP contribution < -0.4 is 25.3 Å². The molecular weight excluding hydrogens is 799 g/mol. The van der Waals surface area contributed by atoms with Crippen LogP contribution in [0.3, 0.4) is 0 Å². The van der Waals surface area contributed by atoms with Crippen molar-refractivity contribution in [2.24, 2.45) is 0 Å². The molecule has 2 aliphatic heterocycles. The summed E-state index contributed by atoms with van der Waals surface area (Å²) in [6, 6.07) is 4.94. The third kappa shape index (κ3) is 8.67. The van der Waals surface area contributed by atoms with Crippen LogP contribution in [-0.4, -0.2) is 117 Å². The lowest BCUT2D eigenvalue weighted by Crippen LogP contribution is -2.60. The van der Waals surface area contributed by atoms with E-state index in [1.807, 2.05) is 0 Å². The quantitative estimate of drug-likeness (QED) is 0.0481. The molecule has 292 valence electrons. The molecule has 1 unspecified atom stereocenters. The standard InChI is InChI=1S/C30H29BClFN5O15PS/c32-22-19(8-7-18(39)24(22)40)55(51,52)34-9-10-37-11-12-38(28(43)27(37)42)30(46)36-23(14-1-4-16(5-2-14)54(48,49)50)26(41)35-20-13-15-3-6-17(33)21(29(44)45)25(15)53-31(20)47/h1-8,20,23,34,39-40,47H,9-13H2,(H,35,41)(H,36,46)(H,44,45)(H2,48,49,50)/t20-,23?/m0/s1. The van der Waals surface area contributed by atoms with E-state index in [4.69, 9.17) is 16.3 Å². The Bertz CT molecular complexity index is 2250. The lowest BCUT2D eigenvalue weighted by molar-refractivity contribution is -0.153. The van der Waals surface area contributed by atoms with Crippen LogP contribution in [0, 0.1) is 5.82 Å². The van der Waals surface area contributed by atoms with Gasteiger partial charge in [-0.1, -0.05) is 29.8 Å². The van der Waals surface area contributed by atoms with E-state index in [0.29, 0.717) is 4.90 Å². The third-order valence-corrected chi connectivity index (χ3v) is 11.4. The second-order valence-corrected chi connectivity index (χ2v) is 15.7. The van der Waals surface area contributed by atoms with Crippen LogP contribution in [0.4, 0.5) is 9.18 Å². The van der Waals surface area contributed by atoms with Gasteiger partial charge in [-0.25, -0.2) is 27.1 Å². The van der Waals surface area contributed by atoms with Crippen LogP contribution >= 0.6 is 19.2 Å². The number of phenolic OH excluding ortho intramolecular Hbond substituents is 2. The number of halogens is 2. The van der Waals surface area contributed by atoms with Crippen LogP contribution in [0.25, 0.3) is 0 Å². The average Bonchev–Trinajstić information content (AvgIpc) is 3.11. The minimum Gasteiger partial charge on any atom is -0.534 e. The number of imide groups is 1. The number of phenols is 2. The number of aromatic carboxylic acids is 1. The summed E-state index contributed by atoms with van der Waals surface area (Å²) >= 11 is 5.83. The van der Waals surface area contributed by atoms with E-state index in [9.17, 15) is 71.5 Å². The van der Waals surface area contributed by atoms with Crippen molar-refractivity contribution in [3.05, 3.63) is 76.1 Å². The number of aromatic hydroxyl groups is 2. The first kappa shape index (κ1) is 40.9. The highest BCUT2D eigenvalue weighted by Gasteiger charge is 2.42. The van der Waals surface area contributed by atoms with Crippen molar-refractivity contribution in [3.63, 3.8) is 0 Å². The number of amides is 5. The second kappa shape index (κ2) is 15.8. The van der Waals surface area contributed by atoms with Gasteiger partial charge in [0.2, 0.25) is 15.9 Å². The topological polar surface area (TPSA) is 310 Å². The predicted molar refractivity (Wildman–Crippen MR) is 185 cm³/mol. The molecule has 3 aromatic carbocycles. The number of piperazine rings is 1. The van der Waals surface area contributed by atoms with Gasteiger partial charge in [0.05, 0.1) is 11.2 Å². The lowest BCUT2D eigenvalue weighted by Gasteiger charge is -2.34. The number of hydrogen-bond donors (Lipinski definition) is 9. The zero-order valence-electron chi connectivity index (χ0n) is 27.7. The van der Waals surface area contributed by atoms with Crippen LogP contribution in [0.15, 0.2) is 53.4 Å². The Morgan fingerprint density at radius 1 is 1.04 bits per heavy atom. The third-order valence-electron chi connectivity index (χ3n) is 8.42. The highest BCUT2D eigenvalue weighted by Crippen LogP contribution is 2.38. The minimum atomic E-state index is -4.75. The SMILES string of the molecule is O=C(O)c1c(F)ccc2c1OB(O)[C@@H](NC(=O)C(NC(=O)N1CCN(CCNS(=O)(=O)c3ccc(O)c(O)c3Cl)C(=O)C1=O)c1ccc(P(=O)(O)O)cc1)C2. The number of carbonyl (C=O) groups is 5. The Labute approximate surface area is 314 Å². The van der Waals surface area contributed by atoms with Crippen molar-refractivity contribution in [1.29, 1.82) is 0 Å². The van der Waals surface area contributed by atoms with E-state index >= 15 is 0 Å². The van der Waals surface area contributed by atoms with E-state index in [1.54, 1.807) is 0 Å². The van der Waals surface area contributed by atoms with Crippen LogP contribution in [0.1, 0.15) is 27.5 Å². The number of urea groups is 1. The maximum absolute atomic E-state index is 14.2. The lowest BCUT2D eigenvalue weighted by atomic mass is 9.72. The maximum Gasteiger partial charge on any atom is 0.547 e. The molecule has 0 aliphatic carbocycles. The van der Waals surface area contributed by atoms with Crippen molar-refractivity contribution >= 4 is 71.4 Å². The molecule has 0 saturated carbocycles. The Balaban J connectivity index is 1.29. The van der Waals surface area contributed by atoms with E-state index in [-0.39, 0.29) is 30.6 Å². The Kier molecular flexibility index (Phi) is 11.8. The molecule has 5 amide bonds. The first-order chi connectivity index (χ1) is 25.7. The zero-order chi connectivity index (χ0) is 40.6. The molecule has 0 aromatic heterocycles. The Hall–Kier alpha value is -5.29. The van der Waals surface area contributed by atoms with Gasteiger partial charge in [0.1, 0.15) is 33.1 Å². The van der Waals surface area contributed by atoms with Gasteiger partial charge in [-0.2, -0.15) is 0 Å². The molecular formula is C30H29BClFN5O15PS. The molecule has 0 bridgehead atoms. The number of sulfonamides is 1. The van der Waals surface area contributed by atoms with Gasteiger partial charge in [-0.05, 0) is 47.9 Å². The molecule has 5 rings (SSSR count). The molecule has 1 fully saturated rings. The zero-order valence-corrected chi connectivity index (χ0v) is 30.2. The van der Waals surface area contributed by atoms with Crippen molar-refractivity contribution in [3.8, 4) is 17.2 Å². The summed E-state index contributed by atoms with van der Waals surface area (Å²) in [5, 5.41) is 42.9. The summed E-state index contributed by atoms with van der Waals surface area (Å²) < 4.78 is 58.7. The molecule has 2 atom stereocenters. The van der Waals surface area contributed by atoms with Gasteiger partial charge in [0.15, 0.2) is 11.5 Å². The van der Waals surface area contributed by atoms with E-state index in [1.165, 1.54) is 6.07 Å². The second-order valence-electron chi connectivity index (χ2n) is 12.0. The smallest absolute Gasteiger partial charge is 0.534 e. The number of nitrogens with zero attached hydrogens (tertiary/aromatic N) is 2. The Morgan fingerprint density at radius 3 is 2.35 bits per heavy atom. The number of hydrogen-bond acceptors (Lipinski definition) is 12. The van der Waals surface area contributed by atoms with Crippen molar-refractivity contribution < 1.29 is 76.1 Å². The molecule has 9 N–H and O–H groups in total. The first-order valence-corrected chi connectivity index (χ1v) is 19.2. The number of benzene rings is 3. The van der Waals surface area contributed by atoms with Crippen molar-refractivity contribution in [1.82, 2.24) is 25.2 Å². The average molecular weight is 828 g/mol. The summed E-state index contributed by atoms with van der Waals surface area (Å²) in [6.45, 7) is -1.56. The van der Waals surface area contributed by atoms with Crippen LogP contribution in [0.2, 0.25) is 5.02 Å². The van der Waals surface area contributed by atoms with Gasteiger partial charge in [0.25, 0.3) is 0 Å². The van der Waals surface area contributed by atoms with Gasteiger partial charge in [-0.3, -0.25) is 23.8 Å². The van der Waals surface area contributed by atoms with Crippen molar-refractivity contribution in [2.75, 3.05) is 26.2 Å². The maximum atomic E-state index is 14.2. The summed E-state index contributed by atoms with van der Waals surface area (Å²) in [7, 11) is -11.0. The number of carboxylic acid groups (broad SMARTS) is 1. The molecule has 2 heterocycles. The van der Waals surface area contributed by atoms with E-state index < -0.39 is 123 Å². The number of fused-ring (bicyclic) bond motifs is 1. The summed E-state index contributed by atoms with van der Waals surface area (Å²) in [5.74, 6) is -9.82. The summed E-state index contributed by atoms with van der Waals surface area (Å²) in [4.78, 5) is 84.5. The monoisotopic (exact) mass is 827 g/mol. The predicted octanol–water partition coefficient (Wildman–Crippen LogP) is -1.07. The van der Waals surface area contributed by atoms with Crippen molar-refractivity contribution in [2.45, 2.75) is 23.3 Å². The number of nitrogens with one attached hydrogen (secondary N) is 3. The van der Waals surface area contributed by atoms with E-state index in [2.05, 4.69) is 15.4 Å². The highest BCUT2D eigenvalue weighted by atomic mass is 35.5. The normalized spacial score (nSPS) is 16.6. The number of rotatable bonds is 11. The molecule has 55 heavy (non-hydrogen) atoms. The largest absolute Gasteiger partial charge is 0.547 e. The van der Waals surface area contributed by atoms with Crippen LogP contribution in [-0.2, 0) is 35.4 Å². The summed E-state index contributed by atoms with van der Waals surface area (Å²) in [6.07, 6.45) is -0.282. The van der Waals surface area contributed by atoms with Gasteiger partial charge in [0, 0.05) is 26.2 Å². The summed E-state index contributed by atoms with van der Waals surface area (Å²) in [5.41, 5.74) is -0.840. The van der Waals surface area contributed by atoms with Gasteiger partial charge < -0.3 is 50.3 Å². The molecule has 20 nitrogen and oxygen atoms in total. The molecule has 25 heteroatoms. The van der Waals surface area contributed by atoms with Crippen LogP contribution in [0.5, 0.6) is 17.2 Å². The molecule has 1 saturated heterocycles. The molecule has 0 spiro atoms. The van der Waals surface area contributed by atoms with Gasteiger partial charge >= 0.3 is 38.5 Å². The minimum absolute atomic E-state index is 0.0864. The Morgan fingerprint density at radius 2 is 1.71 bits per heavy atom. The highest BCUT2D eigenvalue weighted by molar-refractivity contribution is 7.89.